The summed E-state index contributed by atoms with van der Waals surface area (Å²) in [5.74, 6) is -0.402. The van der Waals surface area contributed by atoms with E-state index < -0.39 is 24.2 Å². The van der Waals surface area contributed by atoms with Crippen LogP contribution in [-0.4, -0.2) is 40.2 Å². The second-order valence-corrected chi connectivity index (χ2v) is 5.74. The van der Waals surface area contributed by atoms with Crippen molar-refractivity contribution in [1.29, 1.82) is 0 Å². The van der Waals surface area contributed by atoms with Gasteiger partial charge in [-0.25, -0.2) is 0 Å². The molecule has 0 aromatic heterocycles. The van der Waals surface area contributed by atoms with Crippen molar-refractivity contribution in [2.45, 2.75) is 31.6 Å². The Hall–Kier alpha value is -2.17. The van der Waals surface area contributed by atoms with E-state index in [1.807, 2.05) is 60.7 Å². The van der Waals surface area contributed by atoms with Crippen LogP contribution in [0.25, 0.3) is 0 Å². The number of nitrogens with zero attached hydrogens (tertiary/aromatic N) is 1. The molecular formula is C19H23NO3. The molecule has 0 aliphatic rings. The van der Waals surface area contributed by atoms with Gasteiger partial charge in [0.05, 0.1) is 12.1 Å². The third-order valence-electron chi connectivity index (χ3n) is 4.00. The van der Waals surface area contributed by atoms with Crippen molar-refractivity contribution < 1.29 is 15.0 Å². The highest BCUT2D eigenvalue weighted by Crippen LogP contribution is 2.24. The zero-order valence-electron chi connectivity index (χ0n) is 13.5. The van der Waals surface area contributed by atoms with Crippen LogP contribution in [0.5, 0.6) is 0 Å². The summed E-state index contributed by atoms with van der Waals surface area (Å²) < 4.78 is 0. The van der Waals surface area contributed by atoms with E-state index in [4.69, 9.17) is 0 Å². The average molecular weight is 313 g/mol. The minimum Gasteiger partial charge on any atom is -0.386 e. The van der Waals surface area contributed by atoms with E-state index in [1.165, 1.54) is 11.8 Å². The molecule has 0 radical (unpaired) electrons. The fourth-order valence-corrected chi connectivity index (χ4v) is 2.65. The molecule has 0 aliphatic heterocycles. The van der Waals surface area contributed by atoms with Crippen molar-refractivity contribution >= 4 is 5.91 Å². The third-order valence-corrected chi connectivity index (χ3v) is 4.00. The monoisotopic (exact) mass is 313 g/mol. The zero-order chi connectivity index (χ0) is 16.8. The fourth-order valence-electron chi connectivity index (χ4n) is 2.65. The Kier molecular flexibility index (Phi) is 5.90. The van der Waals surface area contributed by atoms with Crippen LogP contribution in [0.1, 0.15) is 24.2 Å². The van der Waals surface area contributed by atoms with Gasteiger partial charge in [-0.1, -0.05) is 60.7 Å². The van der Waals surface area contributed by atoms with E-state index >= 15 is 0 Å². The average Bonchev–Trinajstić information content (AvgIpc) is 2.59. The maximum atomic E-state index is 12.2. The predicted octanol–water partition coefficient (Wildman–Crippen LogP) is 2.17. The maximum absolute atomic E-state index is 12.2. The number of carbonyl (C=O) groups is 1. The highest BCUT2D eigenvalue weighted by molar-refractivity contribution is 5.80. The standard InChI is InChI=1S/C19H23NO3/c1-14(21)19(23)20(2)17(13-15-9-5-3-6-10-15)18(22)16-11-7-4-8-12-16/h3-12,14,17-18,21-22H,13H2,1-2H3/t14-,17+,18-/m0/s1. The number of rotatable bonds is 6. The van der Waals surface area contributed by atoms with Gasteiger partial charge in [-0.15, -0.1) is 0 Å². The number of hydrogen-bond donors (Lipinski definition) is 2. The molecule has 3 atom stereocenters. The molecule has 0 bridgehead atoms. The van der Waals surface area contributed by atoms with E-state index in [0.29, 0.717) is 6.42 Å². The van der Waals surface area contributed by atoms with E-state index in [2.05, 4.69) is 0 Å². The molecule has 0 heterocycles. The number of benzene rings is 2. The fraction of sp³-hybridized carbons (Fsp3) is 0.316. The molecule has 0 fully saturated rings. The Bertz CT molecular complexity index is 613. The van der Waals surface area contributed by atoms with Crippen molar-refractivity contribution in [2.24, 2.45) is 0 Å². The van der Waals surface area contributed by atoms with Gasteiger partial charge in [0, 0.05) is 7.05 Å². The summed E-state index contributed by atoms with van der Waals surface area (Å²) in [6.45, 7) is 1.44. The van der Waals surface area contributed by atoms with Gasteiger partial charge in [0.1, 0.15) is 6.10 Å². The van der Waals surface area contributed by atoms with E-state index in [1.54, 1.807) is 7.05 Å². The summed E-state index contributed by atoms with van der Waals surface area (Å²) in [6.07, 6.45) is -1.42. The molecule has 4 nitrogen and oxygen atoms in total. The topological polar surface area (TPSA) is 60.8 Å². The number of hydrogen-bond acceptors (Lipinski definition) is 3. The van der Waals surface area contributed by atoms with Crippen LogP contribution < -0.4 is 0 Å². The van der Waals surface area contributed by atoms with Crippen molar-refractivity contribution in [3.63, 3.8) is 0 Å². The molecule has 23 heavy (non-hydrogen) atoms. The first-order chi connectivity index (χ1) is 11.0. The minimum absolute atomic E-state index is 0.402. The predicted molar refractivity (Wildman–Crippen MR) is 89.8 cm³/mol. The molecule has 2 rings (SSSR count). The summed E-state index contributed by atoms with van der Waals surface area (Å²) in [5, 5.41) is 20.4. The van der Waals surface area contributed by atoms with Crippen LogP contribution >= 0.6 is 0 Å². The Morgan fingerprint density at radius 1 is 1.00 bits per heavy atom. The third kappa shape index (κ3) is 4.41. The number of carbonyl (C=O) groups excluding carboxylic acids is 1. The van der Waals surface area contributed by atoms with Crippen LogP contribution in [-0.2, 0) is 11.2 Å². The van der Waals surface area contributed by atoms with Crippen LogP contribution in [0.4, 0.5) is 0 Å². The van der Waals surface area contributed by atoms with Crippen LogP contribution in [0, 0.1) is 0 Å². The van der Waals surface area contributed by atoms with Gasteiger partial charge in [-0.2, -0.15) is 0 Å². The van der Waals surface area contributed by atoms with Crippen molar-refractivity contribution in [2.75, 3.05) is 7.05 Å². The highest BCUT2D eigenvalue weighted by atomic mass is 16.3. The van der Waals surface area contributed by atoms with Gasteiger partial charge in [0.25, 0.3) is 5.91 Å². The Balaban J connectivity index is 2.29. The summed E-state index contributed by atoms with van der Waals surface area (Å²) in [4.78, 5) is 13.6. The first kappa shape index (κ1) is 17.2. The van der Waals surface area contributed by atoms with Crippen LogP contribution in [0.2, 0.25) is 0 Å². The molecule has 0 saturated heterocycles. The van der Waals surface area contributed by atoms with Crippen molar-refractivity contribution in [3.05, 3.63) is 71.8 Å². The van der Waals surface area contributed by atoms with Gasteiger partial charge < -0.3 is 15.1 Å². The lowest BCUT2D eigenvalue weighted by Crippen LogP contribution is -2.46. The molecule has 0 unspecified atom stereocenters. The minimum atomic E-state index is -1.10. The molecule has 122 valence electrons. The summed E-state index contributed by atoms with van der Waals surface area (Å²) in [6, 6.07) is 18.5. The highest BCUT2D eigenvalue weighted by Gasteiger charge is 2.30. The quantitative estimate of drug-likeness (QED) is 0.859. The smallest absolute Gasteiger partial charge is 0.251 e. The molecule has 0 saturated carbocycles. The summed E-state index contributed by atoms with van der Waals surface area (Å²) >= 11 is 0. The SMILES string of the molecule is C[C@H](O)C(=O)N(C)[C@H](Cc1ccccc1)[C@@H](O)c1ccccc1. The van der Waals surface area contributed by atoms with Gasteiger partial charge in [0.15, 0.2) is 0 Å². The Morgan fingerprint density at radius 3 is 2.04 bits per heavy atom. The lowest BCUT2D eigenvalue weighted by atomic mass is 9.94. The van der Waals surface area contributed by atoms with Crippen molar-refractivity contribution in [1.82, 2.24) is 4.90 Å². The zero-order valence-corrected chi connectivity index (χ0v) is 13.5. The van der Waals surface area contributed by atoms with Gasteiger partial charge in [-0.3, -0.25) is 4.79 Å². The summed E-state index contributed by atoms with van der Waals surface area (Å²) in [5.41, 5.74) is 1.77. The molecule has 2 N–H and O–H groups in total. The number of amides is 1. The van der Waals surface area contributed by atoms with Crippen LogP contribution in [0.3, 0.4) is 0 Å². The largest absolute Gasteiger partial charge is 0.386 e. The molecule has 2 aromatic carbocycles. The number of aliphatic hydroxyl groups excluding tert-OH is 2. The van der Waals surface area contributed by atoms with Gasteiger partial charge in [-0.05, 0) is 24.5 Å². The first-order valence-corrected chi connectivity index (χ1v) is 7.72. The lowest BCUT2D eigenvalue weighted by molar-refractivity contribution is -0.142. The maximum Gasteiger partial charge on any atom is 0.251 e. The molecule has 0 aliphatic carbocycles. The molecule has 2 aromatic rings. The number of aliphatic hydroxyl groups is 2. The normalized spacial score (nSPS) is 14.8. The van der Waals surface area contributed by atoms with Gasteiger partial charge >= 0.3 is 0 Å². The van der Waals surface area contributed by atoms with E-state index in [0.717, 1.165) is 11.1 Å². The lowest BCUT2D eigenvalue weighted by Gasteiger charge is -2.33. The first-order valence-electron chi connectivity index (χ1n) is 7.72. The second kappa shape index (κ2) is 7.90. The van der Waals surface area contributed by atoms with Gasteiger partial charge in [0.2, 0.25) is 0 Å². The summed E-state index contributed by atoms with van der Waals surface area (Å²) in [7, 11) is 1.62. The van der Waals surface area contributed by atoms with Crippen molar-refractivity contribution in [3.8, 4) is 0 Å². The number of likely N-dealkylation sites (N-methyl/N-ethyl adjacent to an activating group) is 1. The molecule has 0 spiro atoms. The van der Waals surface area contributed by atoms with E-state index in [-0.39, 0.29) is 0 Å². The van der Waals surface area contributed by atoms with E-state index in [9.17, 15) is 15.0 Å². The molecule has 1 amide bonds. The molecule has 4 heteroatoms. The van der Waals surface area contributed by atoms with Crippen LogP contribution in [0.15, 0.2) is 60.7 Å². The molecular weight excluding hydrogens is 290 g/mol. The second-order valence-electron chi connectivity index (χ2n) is 5.74. The Labute approximate surface area is 137 Å². The Morgan fingerprint density at radius 2 is 1.52 bits per heavy atom.